The van der Waals surface area contributed by atoms with Crippen LogP contribution in [0.3, 0.4) is 0 Å². The summed E-state index contributed by atoms with van der Waals surface area (Å²) in [5.74, 6) is -0.284. The van der Waals surface area contributed by atoms with Crippen molar-refractivity contribution >= 4 is 17.7 Å². The van der Waals surface area contributed by atoms with Crippen LogP contribution in [-0.2, 0) is 26.9 Å². The van der Waals surface area contributed by atoms with Crippen molar-refractivity contribution in [3.8, 4) is 0 Å². The minimum Gasteiger partial charge on any atom is -0.453 e. The van der Waals surface area contributed by atoms with Gasteiger partial charge in [0.15, 0.2) is 0 Å². The summed E-state index contributed by atoms with van der Waals surface area (Å²) < 4.78 is 49.3. The van der Waals surface area contributed by atoms with Gasteiger partial charge in [-0.05, 0) is 37.1 Å². The Kier molecular flexibility index (Phi) is 7.83. The molecule has 1 aromatic rings. The normalized spacial score (nSPS) is 21.6. The third-order valence-electron chi connectivity index (χ3n) is 5.84. The summed E-state index contributed by atoms with van der Waals surface area (Å²) in [7, 11) is 1.30. The molecular formula is C21H29F3N4O4. The van der Waals surface area contributed by atoms with Crippen LogP contribution in [0.25, 0.3) is 0 Å². The number of alkyl halides is 3. The van der Waals surface area contributed by atoms with E-state index in [1.165, 1.54) is 18.1 Å². The highest BCUT2D eigenvalue weighted by atomic mass is 19.4. The number of rotatable bonds is 6. The molecule has 11 heteroatoms. The van der Waals surface area contributed by atoms with Crippen molar-refractivity contribution < 1.29 is 32.2 Å². The number of anilines is 1. The molecule has 178 valence electrons. The Bertz CT molecular complexity index is 815. The zero-order chi connectivity index (χ0) is 23.3. The molecule has 2 atom stereocenters. The fourth-order valence-electron chi connectivity index (χ4n) is 4.06. The van der Waals surface area contributed by atoms with Gasteiger partial charge >= 0.3 is 12.3 Å². The second-order valence-electron chi connectivity index (χ2n) is 8.08. The van der Waals surface area contributed by atoms with Crippen LogP contribution in [0.4, 0.5) is 23.7 Å². The van der Waals surface area contributed by atoms with Crippen LogP contribution < -0.4 is 11.1 Å². The summed E-state index contributed by atoms with van der Waals surface area (Å²) >= 11 is 0. The van der Waals surface area contributed by atoms with Crippen LogP contribution in [0.15, 0.2) is 18.2 Å². The van der Waals surface area contributed by atoms with Gasteiger partial charge in [0.05, 0.1) is 38.3 Å². The maximum absolute atomic E-state index is 13.0. The minimum absolute atomic E-state index is 0.0820. The van der Waals surface area contributed by atoms with Gasteiger partial charge in [0.25, 0.3) is 0 Å². The standard InChI is InChI=1S/C21H29F3N4O4/c1-31-20(30)27-7-8-28(17(11-27)13-32-12-16-3-2-6-26-16)19(29)9-14-4-5-15(10-18(14)25)21(22,23)24/h4-5,10,16-17,26H,2-3,6-9,11-13,25H2,1H3. The van der Waals surface area contributed by atoms with Gasteiger partial charge in [-0.15, -0.1) is 0 Å². The number of piperazine rings is 1. The third kappa shape index (κ3) is 6.04. The Morgan fingerprint density at radius 2 is 2.03 bits per heavy atom. The van der Waals surface area contributed by atoms with Crippen molar-refractivity contribution in [2.45, 2.75) is 37.5 Å². The molecule has 8 nitrogen and oxygen atoms in total. The monoisotopic (exact) mass is 458 g/mol. The molecule has 2 fully saturated rings. The number of halogens is 3. The van der Waals surface area contributed by atoms with Gasteiger partial charge in [-0.3, -0.25) is 4.79 Å². The van der Waals surface area contributed by atoms with Gasteiger partial charge in [0, 0.05) is 31.4 Å². The average Bonchev–Trinajstić information content (AvgIpc) is 3.27. The minimum atomic E-state index is -4.50. The van der Waals surface area contributed by atoms with Crippen molar-refractivity contribution in [1.82, 2.24) is 15.1 Å². The predicted octanol–water partition coefficient (Wildman–Crippen LogP) is 1.88. The van der Waals surface area contributed by atoms with E-state index in [1.807, 2.05) is 0 Å². The SMILES string of the molecule is COC(=O)N1CCN(C(=O)Cc2ccc(C(F)(F)F)cc2N)C(COCC2CCCN2)C1. The molecule has 32 heavy (non-hydrogen) atoms. The van der Waals surface area contributed by atoms with E-state index >= 15 is 0 Å². The summed E-state index contributed by atoms with van der Waals surface area (Å²) in [4.78, 5) is 28.1. The van der Waals surface area contributed by atoms with E-state index in [4.69, 9.17) is 15.2 Å². The van der Waals surface area contributed by atoms with Crippen molar-refractivity contribution in [1.29, 1.82) is 0 Å². The first-order valence-corrected chi connectivity index (χ1v) is 10.6. The zero-order valence-corrected chi connectivity index (χ0v) is 18.0. The van der Waals surface area contributed by atoms with E-state index in [-0.39, 0.29) is 43.8 Å². The second-order valence-corrected chi connectivity index (χ2v) is 8.08. The Hall–Kier alpha value is -2.53. The van der Waals surface area contributed by atoms with Crippen LogP contribution in [0.2, 0.25) is 0 Å². The van der Waals surface area contributed by atoms with Crippen LogP contribution in [0, 0.1) is 0 Å². The quantitative estimate of drug-likeness (QED) is 0.632. The van der Waals surface area contributed by atoms with E-state index in [0.717, 1.165) is 31.5 Å². The molecule has 3 rings (SSSR count). The largest absolute Gasteiger partial charge is 0.453 e. The number of nitrogens with one attached hydrogen (secondary N) is 1. The molecule has 0 aromatic heterocycles. The van der Waals surface area contributed by atoms with E-state index in [0.29, 0.717) is 18.7 Å². The number of nitrogen functional groups attached to an aromatic ring is 1. The fourth-order valence-corrected chi connectivity index (χ4v) is 4.06. The molecule has 2 heterocycles. The lowest BCUT2D eigenvalue weighted by Crippen LogP contribution is -2.58. The van der Waals surface area contributed by atoms with E-state index in [2.05, 4.69) is 5.32 Å². The van der Waals surface area contributed by atoms with Gasteiger partial charge in [-0.1, -0.05) is 6.07 Å². The smallest absolute Gasteiger partial charge is 0.416 e. The summed E-state index contributed by atoms with van der Waals surface area (Å²) in [6.45, 7) is 2.50. The molecule has 2 aliphatic heterocycles. The molecular weight excluding hydrogens is 429 g/mol. The van der Waals surface area contributed by atoms with Gasteiger partial charge in [-0.25, -0.2) is 4.79 Å². The van der Waals surface area contributed by atoms with E-state index in [1.54, 1.807) is 4.90 Å². The molecule has 0 bridgehead atoms. The fraction of sp³-hybridized carbons (Fsp3) is 0.619. The number of nitrogens with two attached hydrogens (primary N) is 1. The van der Waals surface area contributed by atoms with Gasteiger partial charge in [-0.2, -0.15) is 13.2 Å². The van der Waals surface area contributed by atoms with Crippen molar-refractivity contribution in [2.24, 2.45) is 0 Å². The highest BCUT2D eigenvalue weighted by Crippen LogP contribution is 2.31. The molecule has 0 spiro atoms. The lowest BCUT2D eigenvalue weighted by Gasteiger charge is -2.40. The first-order valence-electron chi connectivity index (χ1n) is 10.6. The number of amides is 2. The summed E-state index contributed by atoms with van der Waals surface area (Å²) in [6.07, 6.45) is -3.01. The lowest BCUT2D eigenvalue weighted by atomic mass is 10.0. The second kappa shape index (κ2) is 10.4. The first kappa shape index (κ1) is 24.1. The molecule has 0 saturated carbocycles. The highest BCUT2D eigenvalue weighted by Gasteiger charge is 2.34. The van der Waals surface area contributed by atoms with Crippen LogP contribution in [-0.4, -0.2) is 80.4 Å². The molecule has 2 amide bonds. The zero-order valence-electron chi connectivity index (χ0n) is 18.0. The maximum Gasteiger partial charge on any atom is 0.416 e. The Balaban J connectivity index is 1.66. The van der Waals surface area contributed by atoms with Crippen LogP contribution in [0.5, 0.6) is 0 Å². The van der Waals surface area contributed by atoms with Crippen molar-refractivity contribution in [3.63, 3.8) is 0 Å². The van der Waals surface area contributed by atoms with Gasteiger partial charge in [0.1, 0.15) is 0 Å². The molecule has 2 unspecified atom stereocenters. The summed E-state index contributed by atoms with van der Waals surface area (Å²) in [5, 5.41) is 3.33. The highest BCUT2D eigenvalue weighted by molar-refractivity contribution is 5.81. The molecule has 0 radical (unpaired) electrons. The summed E-state index contributed by atoms with van der Waals surface area (Å²) in [6, 6.07) is 2.87. The number of benzene rings is 1. The average molecular weight is 458 g/mol. The van der Waals surface area contributed by atoms with Crippen molar-refractivity contribution in [3.05, 3.63) is 29.3 Å². The number of ether oxygens (including phenoxy) is 2. The van der Waals surface area contributed by atoms with Gasteiger partial charge < -0.3 is 30.3 Å². The first-order chi connectivity index (χ1) is 15.2. The predicted molar refractivity (Wildman–Crippen MR) is 111 cm³/mol. The summed E-state index contributed by atoms with van der Waals surface area (Å²) in [5.41, 5.74) is 5.18. The molecule has 1 aromatic carbocycles. The molecule has 3 N–H and O–H groups in total. The Morgan fingerprint density at radius 3 is 2.66 bits per heavy atom. The number of carbonyl (C=O) groups excluding carboxylic acids is 2. The molecule has 0 aliphatic carbocycles. The number of hydrogen-bond donors (Lipinski definition) is 2. The molecule has 2 saturated heterocycles. The van der Waals surface area contributed by atoms with Gasteiger partial charge in [0.2, 0.25) is 5.91 Å². The number of methoxy groups -OCH3 is 1. The Morgan fingerprint density at radius 1 is 1.25 bits per heavy atom. The topological polar surface area (TPSA) is 97.1 Å². The van der Waals surface area contributed by atoms with Crippen LogP contribution >= 0.6 is 0 Å². The number of hydrogen-bond acceptors (Lipinski definition) is 6. The molecule has 2 aliphatic rings. The van der Waals surface area contributed by atoms with Crippen molar-refractivity contribution in [2.75, 3.05) is 52.2 Å². The third-order valence-corrected chi connectivity index (χ3v) is 5.84. The van der Waals surface area contributed by atoms with E-state index < -0.39 is 23.9 Å². The Labute approximate surface area is 184 Å². The number of nitrogens with zero attached hydrogens (tertiary/aromatic N) is 2. The van der Waals surface area contributed by atoms with Crippen LogP contribution in [0.1, 0.15) is 24.0 Å². The maximum atomic E-state index is 13.0. The lowest BCUT2D eigenvalue weighted by molar-refractivity contribution is -0.137. The number of carbonyl (C=O) groups is 2. The van der Waals surface area contributed by atoms with E-state index in [9.17, 15) is 22.8 Å².